The number of hydrogen-bond donors (Lipinski definition) is 1. The zero-order chi connectivity index (χ0) is 17.4. The van der Waals surface area contributed by atoms with Crippen molar-refractivity contribution in [2.24, 2.45) is 0 Å². The number of ether oxygens (including phenoxy) is 2. The van der Waals surface area contributed by atoms with Crippen molar-refractivity contribution in [2.75, 3.05) is 27.8 Å². The smallest absolute Gasteiger partial charge is 0.168 e. The summed E-state index contributed by atoms with van der Waals surface area (Å²) >= 11 is 5.46. The van der Waals surface area contributed by atoms with Crippen LogP contribution in [-0.2, 0) is 13.0 Å². The third-order valence-corrected chi connectivity index (χ3v) is 4.25. The van der Waals surface area contributed by atoms with E-state index in [4.69, 9.17) is 21.7 Å². The first-order valence-corrected chi connectivity index (χ1v) is 8.28. The highest BCUT2D eigenvalue weighted by Crippen LogP contribution is 2.18. The Kier molecular flexibility index (Phi) is 6.88. The van der Waals surface area contributed by atoms with Gasteiger partial charge < -0.3 is 19.7 Å². The number of rotatable bonds is 7. The number of para-hydroxylation sites is 1. The summed E-state index contributed by atoms with van der Waals surface area (Å²) < 4.78 is 10.5. The summed E-state index contributed by atoms with van der Waals surface area (Å²) in [7, 11) is 5.34. The molecule has 2 aromatic carbocycles. The van der Waals surface area contributed by atoms with E-state index in [9.17, 15) is 0 Å². The molecule has 0 bridgehead atoms. The van der Waals surface area contributed by atoms with Crippen LogP contribution in [0.3, 0.4) is 0 Å². The van der Waals surface area contributed by atoms with E-state index in [2.05, 4.69) is 23.5 Å². The Bertz CT molecular complexity index is 659. The van der Waals surface area contributed by atoms with Crippen molar-refractivity contribution in [1.82, 2.24) is 10.2 Å². The van der Waals surface area contributed by atoms with Gasteiger partial charge in [-0.2, -0.15) is 0 Å². The summed E-state index contributed by atoms with van der Waals surface area (Å²) in [5.41, 5.74) is 2.36. The minimum absolute atomic E-state index is 0.707. The zero-order valence-corrected chi connectivity index (χ0v) is 15.2. The molecule has 0 fully saturated rings. The second-order valence-corrected chi connectivity index (χ2v) is 5.88. The second-order valence-electron chi connectivity index (χ2n) is 5.50. The first-order chi connectivity index (χ1) is 11.6. The number of hydrogen-bond acceptors (Lipinski definition) is 3. The van der Waals surface area contributed by atoms with Crippen molar-refractivity contribution >= 4 is 17.3 Å². The van der Waals surface area contributed by atoms with Crippen LogP contribution in [0.5, 0.6) is 11.5 Å². The molecule has 0 saturated carbocycles. The van der Waals surface area contributed by atoms with Crippen LogP contribution >= 0.6 is 12.2 Å². The summed E-state index contributed by atoms with van der Waals surface area (Å²) in [5.74, 6) is 1.75. The van der Waals surface area contributed by atoms with E-state index in [-0.39, 0.29) is 0 Å². The topological polar surface area (TPSA) is 33.7 Å². The number of methoxy groups -OCH3 is 2. The average molecular weight is 344 g/mol. The van der Waals surface area contributed by atoms with Gasteiger partial charge in [-0.15, -0.1) is 0 Å². The molecule has 0 saturated heterocycles. The number of nitrogens with zero attached hydrogens (tertiary/aromatic N) is 1. The van der Waals surface area contributed by atoms with Crippen LogP contribution in [0.15, 0.2) is 48.5 Å². The highest BCUT2D eigenvalue weighted by molar-refractivity contribution is 7.80. The van der Waals surface area contributed by atoms with Gasteiger partial charge in [-0.25, -0.2) is 0 Å². The monoisotopic (exact) mass is 344 g/mol. The maximum Gasteiger partial charge on any atom is 0.168 e. The number of thiocarbonyl (C=S) groups is 1. The van der Waals surface area contributed by atoms with Gasteiger partial charge in [0.15, 0.2) is 5.11 Å². The molecule has 0 aliphatic heterocycles. The first-order valence-electron chi connectivity index (χ1n) is 7.88. The second kappa shape index (κ2) is 9.13. The molecule has 2 aromatic rings. The van der Waals surface area contributed by atoms with Gasteiger partial charge in [0.25, 0.3) is 0 Å². The number of nitrogens with one attached hydrogen (secondary N) is 1. The van der Waals surface area contributed by atoms with Crippen LogP contribution in [0.25, 0.3) is 0 Å². The van der Waals surface area contributed by atoms with Gasteiger partial charge in [0.2, 0.25) is 0 Å². The molecule has 0 heterocycles. The Balaban J connectivity index is 1.80. The summed E-state index contributed by atoms with van der Waals surface area (Å²) in [6.07, 6.45) is 0.909. The fraction of sp³-hybridized carbons (Fsp3) is 0.316. The lowest BCUT2D eigenvalue weighted by molar-refractivity contribution is 0.397. The molecule has 5 heteroatoms. The van der Waals surface area contributed by atoms with E-state index in [1.165, 1.54) is 5.56 Å². The van der Waals surface area contributed by atoms with Crippen LogP contribution in [0.1, 0.15) is 11.1 Å². The third-order valence-electron chi connectivity index (χ3n) is 3.80. The lowest BCUT2D eigenvalue weighted by atomic mass is 10.1. The van der Waals surface area contributed by atoms with Gasteiger partial charge in [-0.05, 0) is 42.4 Å². The lowest BCUT2D eigenvalue weighted by Gasteiger charge is -2.22. The maximum absolute atomic E-state index is 5.46. The molecule has 0 aromatic heterocycles. The average Bonchev–Trinajstić information content (AvgIpc) is 2.62. The molecule has 0 unspecified atom stereocenters. The number of benzene rings is 2. The van der Waals surface area contributed by atoms with Crippen molar-refractivity contribution in [3.05, 3.63) is 59.7 Å². The lowest BCUT2D eigenvalue weighted by Crippen LogP contribution is -2.37. The van der Waals surface area contributed by atoms with E-state index < -0.39 is 0 Å². The Morgan fingerprint density at radius 2 is 1.75 bits per heavy atom. The Morgan fingerprint density at radius 1 is 1.04 bits per heavy atom. The van der Waals surface area contributed by atoms with Gasteiger partial charge in [0, 0.05) is 25.7 Å². The largest absolute Gasteiger partial charge is 0.497 e. The van der Waals surface area contributed by atoms with Crippen molar-refractivity contribution in [1.29, 1.82) is 0 Å². The van der Waals surface area contributed by atoms with Gasteiger partial charge in [-0.3, -0.25) is 0 Å². The Labute approximate surface area is 149 Å². The fourth-order valence-electron chi connectivity index (χ4n) is 2.40. The molecule has 0 amide bonds. The normalized spacial score (nSPS) is 10.1. The first kappa shape index (κ1) is 18.1. The Hall–Kier alpha value is -2.27. The molecule has 0 aliphatic carbocycles. The van der Waals surface area contributed by atoms with E-state index in [0.717, 1.165) is 35.1 Å². The van der Waals surface area contributed by atoms with Crippen molar-refractivity contribution < 1.29 is 9.47 Å². The third kappa shape index (κ3) is 5.13. The van der Waals surface area contributed by atoms with Crippen molar-refractivity contribution in [3.8, 4) is 11.5 Å². The maximum atomic E-state index is 5.46. The SMILES string of the molecule is COc1ccc(CCNC(=S)N(C)Cc2ccccc2OC)cc1. The quantitative estimate of drug-likeness (QED) is 0.780. The van der Waals surface area contributed by atoms with Gasteiger partial charge in [0.1, 0.15) is 11.5 Å². The summed E-state index contributed by atoms with van der Waals surface area (Å²) in [6.45, 7) is 1.50. The molecular weight excluding hydrogens is 320 g/mol. The molecule has 4 nitrogen and oxygen atoms in total. The molecule has 1 N–H and O–H groups in total. The Morgan fingerprint density at radius 3 is 2.42 bits per heavy atom. The highest BCUT2D eigenvalue weighted by atomic mass is 32.1. The van der Waals surface area contributed by atoms with E-state index in [0.29, 0.717) is 6.54 Å². The standard InChI is InChI=1S/C19H24N2O2S/c1-21(14-16-6-4-5-7-18(16)23-3)19(24)20-13-12-15-8-10-17(22-2)11-9-15/h4-11H,12-14H2,1-3H3,(H,20,24). The summed E-state index contributed by atoms with van der Waals surface area (Å²) in [6, 6.07) is 16.1. The molecule has 128 valence electrons. The van der Waals surface area contributed by atoms with Crippen molar-refractivity contribution in [3.63, 3.8) is 0 Å². The van der Waals surface area contributed by atoms with Gasteiger partial charge in [-0.1, -0.05) is 30.3 Å². The minimum Gasteiger partial charge on any atom is -0.497 e. The van der Waals surface area contributed by atoms with Crippen LogP contribution in [0, 0.1) is 0 Å². The van der Waals surface area contributed by atoms with Crippen LogP contribution in [0.4, 0.5) is 0 Å². The summed E-state index contributed by atoms with van der Waals surface area (Å²) in [4.78, 5) is 2.02. The van der Waals surface area contributed by atoms with Crippen LogP contribution < -0.4 is 14.8 Å². The van der Waals surface area contributed by atoms with Crippen molar-refractivity contribution in [2.45, 2.75) is 13.0 Å². The molecule has 0 aliphatic rings. The molecule has 24 heavy (non-hydrogen) atoms. The van der Waals surface area contributed by atoms with Crippen LogP contribution in [-0.4, -0.2) is 37.8 Å². The van der Waals surface area contributed by atoms with E-state index >= 15 is 0 Å². The predicted octanol–water partition coefficient (Wildman–Crippen LogP) is 3.25. The van der Waals surface area contributed by atoms with Gasteiger partial charge >= 0.3 is 0 Å². The summed E-state index contributed by atoms with van der Waals surface area (Å²) in [5, 5.41) is 4.03. The highest BCUT2D eigenvalue weighted by Gasteiger charge is 2.08. The molecule has 0 atom stereocenters. The van der Waals surface area contributed by atoms with Gasteiger partial charge in [0.05, 0.1) is 14.2 Å². The molecular formula is C19H24N2O2S. The predicted molar refractivity (Wildman–Crippen MR) is 102 cm³/mol. The minimum atomic E-state index is 0.707. The molecule has 2 rings (SSSR count). The zero-order valence-electron chi connectivity index (χ0n) is 14.4. The van der Waals surface area contributed by atoms with E-state index in [1.807, 2.05) is 42.3 Å². The molecule has 0 radical (unpaired) electrons. The fourth-order valence-corrected chi connectivity index (χ4v) is 2.57. The van der Waals surface area contributed by atoms with Crippen LogP contribution in [0.2, 0.25) is 0 Å². The van der Waals surface area contributed by atoms with E-state index in [1.54, 1.807) is 14.2 Å². The molecule has 0 spiro atoms.